The Morgan fingerprint density at radius 3 is 2.73 bits per heavy atom. The van der Waals surface area contributed by atoms with Gasteiger partial charge in [-0.05, 0) is 39.0 Å². The molecule has 136 valence electrons. The van der Waals surface area contributed by atoms with Gasteiger partial charge in [0.25, 0.3) is 5.91 Å². The van der Waals surface area contributed by atoms with Gasteiger partial charge in [-0.15, -0.1) is 0 Å². The van der Waals surface area contributed by atoms with Gasteiger partial charge in [-0.25, -0.2) is 4.98 Å². The molecule has 1 aliphatic heterocycles. The van der Waals surface area contributed by atoms with Crippen molar-refractivity contribution >= 4 is 16.9 Å². The Morgan fingerprint density at radius 1 is 1.27 bits per heavy atom. The number of carbonyl (C=O) groups excluding carboxylic acids is 1. The first-order chi connectivity index (χ1) is 12.3. The fraction of sp³-hybridized carbons (Fsp3) is 0.421. The number of nitrogens with two attached hydrogens (primary N) is 1. The Balaban J connectivity index is 1.70. The van der Waals surface area contributed by atoms with Crippen LogP contribution in [0.1, 0.15) is 39.2 Å². The molecule has 4 heterocycles. The lowest BCUT2D eigenvalue weighted by Gasteiger charge is -2.17. The second kappa shape index (κ2) is 5.95. The molecular weight excluding hydrogens is 330 g/mol. The first-order valence-electron chi connectivity index (χ1n) is 8.77. The zero-order valence-corrected chi connectivity index (χ0v) is 15.5. The molecule has 2 N–H and O–H groups in total. The van der Waals surface area contributed by atoms with Gasteiger partial charge in [0.15, 0.2) is 5.65 Å². The van der Waals surface area contributed by atoms with E-state index in [1.54, 1.807) is 4.68 Å². The molecule has 7 heteroatoms. The van der Waals surface area contributed by atoms with Crippen molar-refractivity contribution in [1.29, 1.82) is 0 Å². The summed E-state index contributed by atoms with van der Waals surface area (Å²) in [5.74, 6) is 1.69. The highest BCUT2D eigenvalue weighted by atomic mass is 16.3. The van der Waals surface area contributed by atoms with Gasteiger partial charge in [0, 0.05) is 31.9 Å². The van der Waals surface area contributed by atoms with Crippen LogP contribution in [0.15, 0.2) is 22.6 Å². The van der Waals surface area contributed by atoms with E-state index >= 15 is 0 Å². The van der Waals surface area contributed by atoms with Gasteiger partial charge in [0.2, 0.25) is 0 Å². The first-order valence-corrected chi connectivity index (χ1v) is 8.77. The predicted octanol–water partition coefficient (Wildman–Crippen LogP) is 2.05. The molecule has 3 aromatic heterocycles. The maximum atomic E-state index is 13.3. The van der Waals surface area contributed by atoms with Gasteiger partial charge in [-0.3, -0.25) is 9.48 Å². The van der Waals surface area contributed by atoms with Crippen molar-refractivity contribution in [2.75, 3.05) is 13.1 Å². The monoisotopic (exact) mass is 353 g/mol. The van der Waals surface area contributed by atoms with Crippen molar-refractivity contribution in [3.8, 4) is 0 Å². The molecule has 2 unspecified atom stereocenters. The Hall–Kier alpha value is -2.67. The molecule has 1 saturated heterocycles. The Kier molecular flexibility index (Phi) is 3.84. The van der Waals surface area contributed by atoms with E-state index in [-0.39, 0.29) is 17.9 Å². The van der Waals surface area contributed by atoms with Crippen LogP contribution in [0.25, 0.3) is 11.0 Å². The number of hydrogen-bond acceptors (Lipinski definition) is 5. The molecule has 0 aromatic carbocycles. The SMILES string of the molecule is Cc1cc(C(=O)N2CC(N)C(c3ccc(C)o3)C2)c2c(C)nn(C)c2n1. The van der Waals surface area contributed by atoms with Crippen molar-refractivity contribution in [2.24, 2.45) is 12.8 Å². The lowest BCUT2D eigenvalue weighted by Crippen LogP contribution is -2.32. The molecule has 7 nitrogen and oxygen atoms in total. The van der Waals surface area contributed by atoms with Crippen LogP contribution in [0.5, 0.6) is 0 Å². The standard InChI is InChI=1S/C19H23N5O2/c1-10-7-13(17-12(3)22-23(4)18(17)21-10)19(25)24-8-14(15(20)9-24)16-6-5-11(2)26-16/h5-7,14-15H,8-9,20H2,1-4H3. The fourth-order valence-corrected chi connectivity index (χ4v) is 3.86. The number of aryl methyl sites for hydroxylation is 4. The minimum absolute atomic E-state index is 0.0149. The predicted molar refractivity (Wildman–Crippen MR) is 98.0 cm³/mol. The third-order valence-corrected chi connectivity index (χ3v) is 5.11. The van der Waals surface area contributed by atoms with Gasteiger partial charge in [0.1, 0.15) is 11.5 Å². The molecular formula is C19H23N5O2. The second-order valence-corrected chi connectivity index (χ2v) is 7.15. The molecule has 2 atom stereocenters. The zero-order valence-electron chi connectivity index (χ0n) is 15.5. The summed E-state index contributed by atoms with van der Waals surface area (Å²) in [5.41, 5.74) is 9.29. The summed E-state index contributed by atoms with van der Waals surface area (Å²) in [4.78, 5) is 19.6. The van der Waals surface area contributed by atoms with Crippen LogP contribution in [0.4, 0.5) is 0 Å². The molecule has 3 aromatic rings. The van der Waals surface area contributed by atoms with Crippen LogP contribution in [0.2, 0.25) is 0 Å². The van der Waals surface area contributed by atoms with E-state index in [0.29, 0.717) is 18.7 Å². The van der Waals surface area contributed by atoms with E-state index in [1.807, 2.05) is 50.9 Å². The maximum absolute atomic E-state index is 13.3. The normalized spacial score (nSPS) is 20.3. The van der Waals surface area contributed by atoms with Crippen molar-refractivity contribution in [3.63, 3.8) is 0 Å². The van der Waals surface area contributed by atoms with Crippen LogP contribution in [0, 0.1) is 20.8 Å². The quantitative estimate of drug-likeness (QED) is 0.761. The summed E-state index contributed by atoms with van der Waals surface area (Å²) in [6, 6.07) is 5.59. The van der Waals surface area contributed by atoms with E-state index in [1.165, 1.54) is 0 Å². The van der Waals surface area contributed by atoms with Gasteiger partial charge in [-0.2, -0.15) is 5.10 Å². The van der Waals surface area contributed by atoms with Gasteiger partial charge in [-0.1, -0.05) is 0 Å². The highest BCUT2D eigenvalue weighted by Gasteiger charge is 2.37. The Labute approximate surface area is 151 Å². The minimum Gasteiger partial charge on any atom is -0.466 e. The number of aromatic nitrogens is 3. The third-order valence-electron chi connectivity index (χ3n) is 5.11. The lowest BCUT2D eigenvalue weighted by molar-refractivity contribution is 0.0790. The largest absolute Gasteiger partial charge is 0.466 e. The highest BCUT2D eigenvalue weighted by molar-refractivity contribution is 6.06. The zero-order chi connectivity index (χ0) is 18.6. The van der Waals surface area contributed by atoms with Gasteiger partial charge in [0.05, 0.1) is 22.6 Å². The molecule has 4 rings (SSSR count). The minimum atomic E-state index is -0.141. The molecule has 1 aliphatic rings. The van der Waals surface area contributed by atoms with Crippen LogP contribution in [-0.2, 0) is 7.05 Å². The van der Waals surface area contributed by atoms with Gasteiger partial charge >= 0.3 is 0 Å². The van der Waals surface area contributed by atoms with E-state index in [9.17, 15) is 4.79 Å². The first kappa shape index (κ1) is 16.8. The number of furan rings is 1. The highest BCUT2D eigenvalue weighted by Crippen LogP contribution is 2.30. The third kappa shape index (κ3) is 2.59. The number of rotatable bonds is 2. The molecule has 0 bridgehead atoms. The molecule has 0 radical (unpaired) electrons. The number of amides is 1. The molecule has 0 aliphatic carbocycles. The maximum Gasteiger partial charge on any atom is 0.254 e. The lowest BCUT2D eigenvalue weighted by atomic mass is 10.0. The summed E-state index contributed by atoms with van der Waals surface area (Å²) in [6.07, 6.45) is 0. The van der Waals surface area contributed by atoms with Crippen LogP contribution in [0.3, 0.4) is 0 Å². The smallest absolute Gasteiger partial charge is 0.254 e. The summed E-state index contributed by atoms with van der Waals surface area (Å²) >= 11 is 0. The number of pyridine rings is 1. The van der Waals surface area contributed by atoms with Gasteiger partial charge < -0.3 is 15.1 Å². The van der Waals surface area contributed by atoms with E-state index < -0.39 is 0 Å². The number of carbonyl (C=O) groups is 1. The molecule has 1 amide bonds. The second-order valence-electron chi connectivity index (χ2n) is 7.15. The molecule has 0 saturated carbocycles. The number of likely N-dealkylation sites (tertiary alicyclic amines) is 1. The summed E-state index contributed by atoms with van der Waals surface area (Å²) in [6.45, 7) is 6.76. The van der Waals surface area contributed by atoms with E-state index in [0.717, 1.165) is 33.9 Å². The van der Waals surface area contributed by atoms with Crippen molar-refractivity contribution in [2.45, 2.75) is 32.7 Å². The summed E-state index contributed by atoms with van der Waals surface area (Å²) < 4.78 is 7.46. The van der Waals surface area contributed by atoms with Crippen LogP contribution in [-0.4, -0.2) is 44.7 Å². The molecule has 26 heavy (non-hydrogen) atoms. The average molecular weight is 353 g/mol. The number of nitrogens with zero attached hydrogens (tertiary/aromatic N) is 4. The molecule has 1 fully saturated rings. The van der Waals surface area contributed by atoms with E-state index in [2.05, 4.69) is 10.1 Å². The summed E-state index contributed by atoms with van der Waals surface area (Å²) in [5, 5.41) is 5.24. The van der Waals surface area contributed by atoms with Crippen molar-refractivity contribution in [3.05, 3.63) is 46.7 Å². The van der Waals surface area contributed by atoms with E-state index in [4.69, 9.17) is 10.2 Å². The van der Waals surface area contributed by atoms with Crippen molar-refractivity contribution in [1.82, 2.24) is 19.7 Å². The number of hydrogen-bond donors (Lipinski definition) is 1. The molecule has 0 spiro atoms. The summed E-state index contributed by atoms with van der Waals surface area (Å²) in [7, 11) is 1.84. The fourth-order valence-electron chi connectivity index (χ4n) is 3.86. The average Bonchev–Trinajstić information content (AvgIpc) is 3.25. The Bertz CT molecular complexity index is 1000. The van der Waals surface area contributed by atoms with Crippen LogP contribution < -0.4 is 5.73 Å². The topological polar surface area (TPSA) is 90.2 Å². The number of fused-ring (bicyclic) bond motifs is 1. The Morgan fingerprint density at radius 2 is 2.04 bits per heavy atom. The van der Waals surface area contributed by atoms with Crippen molar-refractivity contribution < 1.29 is 9.21 Å². The van der Waals surface area contributed by atoms with Crippen LogP contribution >= 0.6 is 0 Å².